The first-order valence-corrected chi connectivity index (χ1v) is 10.4. The summed E-state index contributed by atoms with van der Waals surface area (Å²) in [6.45, 7) is 5.44. The number of carbonyl (C=O) groups is 2. The molecule has 0 aliphatic rings. The van der Waals surface area contributed by atoms with Crippen molar-refractivity contribution in [3.8, 4) is 11.5 Å². The Kier molecular flexibility index (Phi) is 9.55. The molecule has 1 atom stereocenters. The molecule has 0 aromatic heterocycles. The number of carboxylic acids is 1. The van der Waals surface area contributed by atoms with E-state index in [1.54, 1.807) is 39.0 Å². The van der Waals surface area contributed by atoms with Crippen molar-refractivity contribution in [3.63, 3.8) is 0 Å². The zero-order chi connectivity index (χ0) is 25.3. The number of hydrogen-bond acceptors (Lipinski definition) is 6. The molecule has 2 N–H and O–H groups in total. The molecule has 11 heteroatoms. The van der Waals surface area contributed by atoms with Gasteiger partial charge in [-0.2, -0.15) is 0 Å². The lowest BCUT2D eigenvalue weighted by Crippen LogP contribution is -2.29. The average molecular weight is 485 g/mol. The number of hydrogen-bond donors (Lipinski definition) is 2. The summed E-state index contributed by atoms with van der Waals surface area (Å²) in [4.78, 5) is 23.6. The Bertz CT molecular complexity index is 962. The predicted octanol–water partition coefficient (Wildman–Crippen LogP) is 5.15. The fraction of sp³-hybridized carbons (Fsp3) is 0.391. The van der Waals surface area contributed by atoms with Crippen LogP contribution in [0.3, 0.4) is 0 Å². The number of carboxylic acid groups (broad SMARTS) is 1. The molecule has 2 rings (SSSR count). The summed E-state index contributed by atoms with van der Waals surface area (Å²) in [6, 6.07) is 9.60. The van der Waals surface area contributed by atoms with Crippen molar-refractivity contribution >= 4 is 17.7 Å². The van der Waals surface area contributed by atoms with E-state index in [0.717, 1.165) is 12.1 Å². The summed E-state index contributed by atoms with van der Waals surface area (Å²) >= 11 is 0. The second-order valence-corrected chi connectivity index (χ2v) is 7.36. The Balaban J connectivity index is 2.04. The number of ether oxygens (including phenoxy) is 4. The maximum Gasteiger partial charge on any atom is 0.573 e. The van der Waals surface area contributed by atoms with E-state index in [0.29, 0.717) is 23.5 Å². The first-order valence-electron chi connectivity index (χ1n) is 10.4. The normalized spacial score (nSPS) is 12.2. The molecule has 34 heavy (non-hydrogen) atoms. The number of benzene rings is 2. The molecule has 0 saturated heterocycles. The van der Waals surface area contributed by atoms with E-state index in [4.69, 9.17) is 14.2 Å². The van der Waals surface area contributed by atoms with Crippen LogP contribution in [0.2, 0.25) is 0 Å². The van der Waals surface area contributed by atoms with Crippen LogP contribution in [0.4, 0.5) is 23.7 Å². The van der Waals surface area contributed by atoms with Gasteiger partial charge in [-0.1, -0.05) is 6.07 Å². The monoisotopic (exact) mass is 485 g/mol. The van der Waals surface area contributed by atoms with Crippen LogP contribution in [0.15, 0.2) is 42.5 Å². The molecular weight excluding hydrogens is 459 g/mol. The van der Waals surface area contributed by atoms with E-state index in [1.165, 1.54) is 12.1 Å². The van der Waals surface area contributed by atoms with Gasteiger partial charge in [-0.25, -0.2) is 9.59 Å². The average Bonchev–Trinajstić information content (AvgIpc) is 2.73. The lowest BCUT2D eigenvalue weighted by Gasteiger charge is -2.18. The van der Waals surface area contributed by atoms with Gasteiger partial charge in [-0.05, 0) is 62.7 Å². The molecule has 1 unspecified atom stereocenters. The molecule has 8 nitrogen and oxygen atoms in total. The number of nitrogens with one attached hydrogen (secondary N) is 1. The standard InChI is InChI=1S/C23H26F3NO7/c1-4-31-19-10-5-15(12-20(21(28)29)33-14(2)3)11-16(19)13-32-22(30)27-17-6-8-18(9-7-17)34-23(24,25)26/h5-11,14,20H,4,12-13H2,1-3H3,(H,27,30)(H,28,29). The van der Waals surface area contributed by atoms with Gasteiger partial charge in [0.2, 0.25) is 0 Å². The third kappa shape index (κ3) is 9.18. The van der Waals surface area contributed by atoms with Gasteiger partial charge in [-0.3, -0.25) is 5.32 Å². The lowest BCUT2D eigenvalue weighted by molar-refractivity contribution is -0.274. The van der Waals surface area contributed by atoms with E-state index in [9.17, 15) is 27.9 Å². The van der Waals surface area contributed by atoms with Gasteiger partial charge in [0, 0.05) is 17.7 Å². The van der Waals surface area contributed by atoms with E-state index < -0.39 is 30.3 Å². The van der Waals surface area contributed by atoms with E-state index in [2.05, 4.69) is 10.1 Å². The minimum atomic E-state index is -4.81. The van der Waals surface area contributed by atoms with Crippen LogP contribution >= 0.6 is 0 Å². The number of aliphatic carboxylic acids is 1. The van der Waals surface area contributed by atoms with Crippen molar-refractivity contribution in [1.29, 1.82) is 0 Å². The Morgan fingerprint density at radius 2 is 1.76 bits per heavy atom. The maximum absolute atomic E-state index is 12.2. The van der Waals surface area contributed by atoms with Crippen LogP contribution in [0.5, 0.6) is 11.5 Å². The van der Waals surface area contributed by atoms with Crippen LogP contribution in [0, 0.1) is 0 Å². The molecule has 0 bridgehead atoms. The quantitative estimate of drug-likeness (QED) is 0.454. The lowest BCUT2D eigenvalue weighted by atomic mass is 10.0. The van der Waals surface area contributed by atoms with Gasteiger partial charge in [0.05, 0.1) is 12.7 Å². The molecule has 0 fully saturated rings. The highest BCUT2D eigenvalue weighted by Crippen LogP contribution is 2.25. The zero-order valence-corrected chi connectivity index (χ0v) is 18.8. The van der Waals surface area contributed by atoms with Crippen LogP contribution < -0.4 is 14.8 Å². The van der Waals surface area contributed by atoms with Crippen LogP contribution in [0.1, 0.15) is 31.9 Å². The molecular formula is C23H26F3NO7. The molecule has 0 spiro atoms. The first kappa shape index (κ1) is 26.8. The van der Waals surface area contributed by atoms with Crippen molar-refractivity contribution in [1.82, 2.24) is 0 Å². The van der Waals surface area contributed by atoms with Gasteiger partial charge in [0.1, 0.15) is 18.1 Å². The van der Waals surface area contributed by atoms with Gasteiger partial charge in [0.25, 0.3) is 0 Å². The minimum absolute atomic E-state index is 0.103. The molecule has 0 aliphatic heterocycles. The number of carbonyl (C=O) groups excluding carboxylic acids is 1. The van der Waals surface area contributed by atoms with Gasteiger partial charge in [-0.15, -0.1) is 13.2 Å². The summed E-state index contributed by atoms with van der Waals surface area (Å²) in [5.74, 6) is -1.05. The fourth-order valence-electron chi connectivity index (χ4n) is 2.94. The SMILES string of the molecule is CCOc1ccc(CC(OC(C)C)C(=O)O)cc1COC(=O)Nc1ccc(OC(F)(F)F)cc1. The molecule has 0 saturated carbocycles. The third-order valence-corrected chi connectivity index (χ3v) is 4.25. The van der Waals surface area contributed by atoms with Gasteiger partial charge >= 0.3 is 18.4 Å². The predicted molar refractivity (Wildman–Crippen MR) is 116 cm³/mol. The minimum Gasteiger partial charge on any atom is -0.493 e. The zero-order valence-electron chi connectivity index (χ0n) is 18.8. The summed E-state index contributed by atoms with van der Waals surface area (Å²) in [5.41, 5.74) is 1.36. The number of halogens is 3. The molecule has 1 amide bonds. The molecule has 0 radical (unpaired) electrons. The Morgan fingerprint density at radius 3 is 2.32 bits per heavy atom. The van der Waals surface area contributed by atoms with Crippen LogP contribution in [-0.4, -0.2) is 42.3 Å². The first-order chi connectivity index (χ1) is 16.0. The Labute approximate surface area is 194 Å². The Morgan fingerprint density at radius 1 is 1.09 bits per heavy atom. The van der Waals surface area contributed by atoms with E-state index >= 15 is 0 Å². The largest absolute Gasteiger partial charge is 0.573 e. The topological polar surface area (TPSA) is 103 Å². The molecule has 2 aromatic carbocycles. The number of rotatable bonds is 11. The number of amides is 1. The fourth-order valence-corrected chi connectivity index (χ4v) is 2.94. The Hall–Kier alpha value is -3.47. The summed E-state index contributed by atoms with van der Waals surface area (Å²) < 4.78 is 56.7. The van der Waals surface area contributed by atoms with Gasteiger partial charge in [0.15, 0.2) is 6.10 Å². The smallest absolute Gasteiger partial charge is 0.493 e. The molecule has 0 aliphatic carbocycles. The second-order valence-electron chi connectivity index (χ2n) is 7.36. The van der Waals surface area contributed by atoms with Crippen molar-refractivity contribution in [2.75, 3.05) is 11.9 Å². The highest BCUT2D eigenvalue weighted by Gasteiger charge is 2.31. The summed E-state index contributed by atoms with van der Waals surface area (Å²) in [5, 5.41) is 11.8. The number of anilines is 1. The number of alkyl halides is 3. The van der Waals surface area contributed by atoms with Crippen molar-refractivity contribution in [2.24, 2.45) is 0 Å². The summed E-state index contributed by atoms with van der Waals surface area (Å²) in [6.07, 6.45) is -6.87. The van der Waals surface area contributed by atoms with E-state index in [-0.39, 0.29) is 24.8 Å². The summed E-state index contributed by atoms with van der Waals surface area (Å²) in [7, 11) is 0. The van der Waals surface area contributed by atoms with Crippen molar-refractivity contribution in [3.05, 3.63) is 53.6 Å². The highest BCUT2D eigenvalue weighted by atomic mass is 19.4. The van der Waals surface area contributed by atoms with Gasteiger partial charge < -0.3 is 24.1 Å². The van der Waals surface area contributed by atoms with Crippen LogP contribution in [-0.2, 0) is 27.3 Å². The molecule has 0 heterocycles. The third-order valence-electron chi connectivity index (χ3n) is 4.25. The van der Waals surface area contributed by atoms with E-state index in [1.807, 2.05) is 0 Å². The van der Waals surface area contributed by atoms with Crippen molar-refractivity contribution in [2.45, 2.75) is 52.4 Å². The highest BCUT2D eigenvalue weighted by molar-refractivity contribution is 5.84. The maximum atomic E-state index is 12.2. The molecule has 186 valence electrons. The molecule has 2 aromatic rings. The van der Waals surface area contributed by atoms with Crippen molar-refractivity contribution < 1.29 is 46.8 Å². The van der Waals surface area contributed by atoms with Crippen LogP contribution in [0.25, 0.3) is 0 Å². The second kappa shape index (κ2) is 12.1.